The molecule has 1 aliphatic heterocycles. The lowest BCUT2D eigenvalue weighted by Gasteiger charge is -2.36. The molecule has 0 aromatic heterocycles. The van der Waals surface area contributed by atoms with E-state index in [1.54, 1.807) is 0 Å². The number of hydrogen-bond acceptors (Lipinski definition) is 2. The molecule has 2 aliphatic rings. The number of amides is 1. The molecule has 0 bridgehead atoms. The summed E-state index contributed by atoms with van der Waals surface area (Å²) in [6.45, 7) is 4.91. The van der Waals surface area contributed by atoms with Crippen molar-refractivity contribution in [2.24, 2.45) is 5.92 Å². The minimum Gasteiger partial charge on any atom is -0.323 e. The highest BCUT2D eigenvalue weighted by atomic mass is 16.2. The molecule has 3 heteroatoms. The van der Waals surface area contributed by atoms with Crippen LogP contribution >= 0.6 is 0 Å². The third-order valence-electron chi connectivity index (χ3n) is 3.65. The summed E-state index contributed by atoms with van der Waals surface area (Å²) in [5.74, 6) is 0.818. The first-order valence-corrected chi connectivity index (χ1v) is 6.24. The zero-order chi connectivity index (χ0) is 10.8. The molecule has 1 amide bonds. The summed E-state index contributed by atoms with van der Waals surface area (Å²) in [6.07, 6.45) is 6.62. The molecule has 86 valence electrons. The largest absolute Gasteiger partial charge is 0.323 e. The molecule has 1 atom stereocenters. The molecule has 0 aromatic rings. The van der Waals surface area contributed by atoms with Gasteiger partial charge in [0.15, 0.2) is 0 Å². The zero-order valence-corrected chi connectivity index (χ0v) is 9.83. The monoisotopic (exact) mass is 210 g/mol. The lowest BCUT2D eigenvalue weighted by molar-refractivity contribution is -0.131. The maximum absolute atomic E-state index is 11.9. The van der Waals surface area contributed by atoms with E-state index in [4.69, 9.17) is 0 Å². The summed E-state index contributed by atoms with van der Waals surface area (Å²) < 4.78 is 0. The maximum atomic E-state index is 11.9. The molecule has 2 fully saturated rings. The van der Waals surface area contributed by atoms with Gasteiger partial charge in [0, 0.05) is 6.04 Å². The smallest absolute Gasteiger partial charge is 0.238 e. The average Bonchev–Trinajstić information content (AvgIpc) is 2.61. The Kier molecular flexibility index (Phi) is 3.29. The van der Waals surface area contributed by atoms with Gasteiger partial charge in [0.05, 0.1) is 12.7 Å². The van der Waals surface area contributed by atoms with Gasteiger partial charge in [0.1, 0.15) is 0 Å². The van der Waals surface area contributed by atoms with E-state index in [-0.39, 0.29) is 6.17 Å². The molecular formula is C12H22N2O. The second kappa shape index (κ2) is 4.52. The highest BCUT2D eigenvalue weighted by Crippen LogP contribution is 2.27. The third-order valence-corrected chi connectivity index (χ3v) is 3.65. The third kappa shape index (κ3) is 2.17. The van der Waals surface area contributed by atoms with Gasteiger partial charge in [0.2, 0.25) is 5.91 Å². The van der Waals surface area contributed by atoms with E-state index < -0.39 is 0 Å². The van der Waals surface area contributed by atoms with E-state index in [2.05, 4.69) is 24.1 Å². The maximum Gasteiger partial charge on any atom is 0.238 e. The Morgan fingerprint density at radius 3 is 2.53 bits per heavy atom. The van der Waals surface area contributed by atoms with Crippen molar-refractivity contribution in [1.82, 2.24) is 10.2 Å². The molecular weight excluding hydrogens is 188 g/mol. The van der Waals surface area contributed by atoms with E-state index >= 15 is 0 Å². The molecule has 15 heavy (non-hydrogen) atoms. The standard InChI is InChI=1S/C12H22N2O/c1-9(2)12-13-8-11(15)14(12)10-6-4-3-5-7-10/h9-10,12-13H,3-8H2,1-2H3. The minimum atomic E-state index is 0.278. The first-order valence-electron chi connectivity index (χ1n) is 6.24. The zero-order valence-electron chi connectivity index (χ0n) is 9.83. The lowest BCUT2D eigenvalue weighted by Crippen LogP contribution is -2.48. The Bertz CT molecular complexity index is 234. The van der Waals surface area contributed by atoms with Crippen molar-refractivity contribution in [3.8, 4) is 0 Å². The quantitative estimate of drug-likeness (QED) is 0.753. The molecule has 2 rings (SSSR count). The first-order chi connectivity index (χ1) is 7.20. The van der Waals surface area contributed by atoms with Crippen LogP contribution in [0.1, 0.15) is 46.0 Å². The molecule has 3 nitrogen and oxygen atoms in total. The van der Waals surface area contributed by atoms with Crippen molar-refractivity contribution in [3.05, 3.63) is 0 Å². The van der Waals surface area contributed by atoms with Crippen molar-refractivity contribution in [3.63, 3.8) is 0 Å². The molecule has 1 saturated heterocycles. The van der Waals surface area contributed by atoms with Crippen LogP contribution in [0.4, 0.5) is 0 Å². The number of hydrogen-bond donors (Lipinski definition) is 1. The summed E-state index contributed by atoms with van der Waals surface area (Å²) in [4.78, 5) is 14.0. The second-order valence-electron chi connectivity index (χ2n) is 5.16. The second-order valence-corrected chi connectivity index (χ2v) is 5.16. The van der Waals surface area contributed by atoms with E-state index in [0.29, 0.717) is 24.4 Å². The van der Waals surface area contributed by atoms with Gasteiger partial charge in [-0.1, -0.05) is 33.1 Å². The van der Waals surface area contributed by atoms with Crippen molar-refractivity contribution < 1.29 is 4.79 Å². The topological polar surface area (TPSA) is 32.3 Å². The average molecular weight is 210 g/mol. The van der Waals surface area contributed by atoms with E-state index in [9.17, 15) is 4.79 Å². The van der Waals surface area contributed by atoms with Crippen molar-refractivity contribution in [1.29, 1.82) is 0 Å². The Labute approximate surface area is 92.2 Å². The van der Waals surface area contributed by atoms with Crippen LogP contribution in [0.2, 0.25) is 0 Å². The molecule has 0 radical (unpaired) electrons. The predicted molar refractivity (Wildman–Crippen MR) is 60.3 cm³/mol. The van der Waals surface area contributed by atoms with Gasteiger partial charge in [-0.25, -0.2) is 0 Å². The van der Waals surface area contributed by atoms with Crippen LogP contribution in [0.15, 0.2) is 0 Å². The number of nitrogens with zero attached hydrogens (tertiary/aromatic N) is 1. The van der Waals surface area contributed by atoms with Crippen LogP contribution in [0.3, 0.4) is 0 Å². The highest BCUT2D eigenvalue weighted by Gasteiger charge is 2.37. The summed E-state index contributed by atoms with van der Waals surface area (Å²) in [5, 5.41) is 3.33. The van der Waals surface area contributed by atoms with Crippen LogP contribution in [-0.2, 0) is 4.79 Å². The molecule has 1 saturated carbocycles. The van der Waals surface area contributed by atoms with Gasteiger partial charge in [0.25, 0.3) is 0 Å². The highest BCUT2D eigenvalue weighted by molar-refractivity contribution is 5.81. The van der Waals surface area contributed by atoms with Gasteiger partial charge in [-0.2, -0.15) is 0 Å². The Balaban J connectivity index is 2.05. The Hall–Kier alpha value is -0.570. The summed E-state index contributed by atoms with van der Waals surface area (Å²) in [5.41, 5.74) is 0. The molecule has 1 unspecified atom stereocenters. The minimum absolute atomic E-state index is 0.278. The Morgan fingerprint density at radius 1 is 1.27 bits per heavy atom. The number of carbonyl (C=O) groups excluding carboxylic acids is 1. The van der Waals surface area contributed by atoms with Gasteiger partial charge < -0.3 is 4.90 Å². The van der Waals surface area contributed by atoms with Crippen LogP contribution in [0, 0.1) is 5.92 Å². The molecule has 1 aliphatic carbocycles. The molecule has 1 heterocycles. The van der Waals surface area contributed by atoms with Gasteiger partial charge in [-0.3, -0.25) is 10.1 Å². The van der Waals surface area contributed by atoms with Gasteiger partial charge in [-0.15, -0.1) is 0 Å². The Morgan fingerprint density at radius 2 is 1.93 bits per heavy atom. The van der Waals surface area contributed by atoms with E-state index in [0.717, 1.165) is 0 Å². The van der Waals surface area contributed by atoms with Crippen molar-refractivity contribution >= 4 is 5.91 Å². The van der Waals surface area contributed by atoms with Gasteiger partial charge >= 0.3 is 0 Å². The van der Waals surface area contributed by atoms with Crippen LogP contribution in [-0.4, -0.2) is 29.6 Å². The van der Waals surface area contributed by atoms with E-state index in [1.165, 1.54) is 32.1 Å². The summed E-state index contributed by atoms with van der Waals surface area (Å²) in [6, 6.07) is 0.508. The fraction of sp³-hybridized carbons (Fsp3) is 0.917. The normalized spacial score (nSPS) is 29.1. The fourth-order valence-electron chi connectivity index (χ4n) is 2.88. The number of nitrogens with one attached hydrogen (secondary N) is 1. The summed E-state index contributed by atoms with van der Waals surface area (Å²) >= 11 is 0. The van der Waals surface area contributed by atoms with Crippen LogP contribution in [0.25, 0.3) is 0 Å². The fourth-order valence-corrected chi connectivity index (χ4v) is 2.88. The van der Waals surface area contributed by atoms with Crippen LogP contribution < -0.4 is 5.32 Å². The van der Waals surface area contributed by atoms with Crippen LogP contribution in [0.5, 0.6) is 0 Å². The number of rotatable bonds is 2. The van der Waals surface area contributed by atoms with Gasteiger partial charge in [-0.05, 0) is 18.8 Å². The summed E-state index contributed by atoms with van der Waals surface area (Å²) in [7, 11) is 0. The molecule has 1 N–H and O–H groups in total. The molecule has 0 aromatic carbocycles. The SMILES string of the molecule is CC(C)C1NCC(=O)N1C1CCCCC1. The number of carbonyl (C=O) groups is 1. The van der Waals surface area contributed by atoms with Crippen molar-refractivity contribution in [2.45, 2.75) is 58.2 Å². The predicted octanol–water partition coefficient (Wildman–Crippen LogP) is 1.73. The first kappa shape index (κ1) is 10.9. The molecule has 0 spiro atoms. The van der Waals surface area contributed by atoms with E-state index in [1.807, 2.05) is 0 Å². The van der Waals surface area contributed by atoms with Crippen molar-refractivity contribution in [2.75, 3.05) is 6.54 Å². The lowest BCUT2D eigenvalue weighted by atomic mass is 9.93.